The molecule has 0 radical (unpaired) electrons. The highest BCUT2D eigenvalue weighted by atomic mass is 16.2. The molecule has 1 aliphatic rings. The highest BCUT2D eigenvalue weighted by Gasteiger charge is 2.32. The molecule has 0 spiro atoms. The summed E-state index contributed by atoms with van der Waals surface area (Å²) in [6.07, 6.45) is 2.36. The summed E-state index contributed by atoms with van der Waals surface area (Å²) in [6, 6.07) is 0.0478. The third-order valence-electron chi connectivity index (χ3n) is 4.14. The van der Waals surface area contributed by atoms with Crippen LogP contribution in [0.1, 0.15) is 56.1 Å². The van der Waals surface area contributed by atoms with E-state index in [4.69, 9.17) is 0 Å². The molecule has 1 atom stereocenters. The molecule has 8 nitrogen and oxygen atoms in total. The van der Waals surface area contributed by atoms with Crippen molar-refractivity contribution in [3.05, 3.63) is 17.5 Å². The van der Waals surface area contributed by atoms with Gasteiger partial charge in [0.15, 0.2) is 0 Å². The summed E-state index contributed by atoms with van der Waals surface area (Å²) in [4.78, 5) is 37.4. The molecule has 144 valence electrons. The van der Waals surface area contributed by atoms with Crippen molar-refractivity contribution < 1.29 is 9.59 Å². The first kappa shape index (κ1) is 19.9. The van der Waals surface area contributed by atoms with Gasteiger partial charge in [-0.1, -0.05) is 0 Å². The van der Waals surface area contributed by atoms with Crippen LogP contribution in [0.15, 0.2) is 6.20 Å². The Kier molecular flexibility index (Phi) is 6.39. The topological polar surface area (TPSA) is 90.5 Å². The van der Waals surface area contributed by atoms with Crippen molar-refractivity contribution in [1.29, 1.82) is 0 Å². The summed E-state index contributed by atoms with van der Waals surface area (Å²) >= 11 is 0. The van der Waals surface area contributed by atoms with Gasteiger partial charge in [0.2, 0.25) is 5.95 Å². The normalized spacial score (nSPS) is 16.9. The zero-order valence-electron chi connectivity index (χ0n) is 16.5. The zero-order valence-corrected chi connectivity index (χ0v) is 16.5. The smallest absolute Gasteiger partial charge is 0.317 e. The van der Waals surface area contributed by atoms with Gasteiger partial charge in [0.1, 0.15) is 0 Å². The number of nitrogens with one attached hydrogen (secondary N) is 2. The summed E-state index contributed by atoms with van der Waals surface area (Å²) in [5.74, 6) is 0.402. The van der Waals surface area contributed by atoms with Gasteiger partial charge in [-0.2, -0.15) is 0 Å². The van der Waals surface area contributed by atoms with Crippen molar-refractivity contribution in [2.24, 2.45) is 0 Å². The predicted octanol–water partition coefficient (Wildman–Crippen LogP) is 1.59. The molecule has 2 heterocycles. The van der Waals surface area contributed by atoms with E-state index in [1.807, 2.05) is 46.7 Å². The van der Waals surface area contributed by atoms with Crippen LogP contribution in [0, 0.1) is 0 Å². The Hall–Kier alpha value is -2.38. The summed E-state index contributed by atoms with van der Waals surface area (Å²) in [5.41, 5.74) is 1.20. The first-order valence-electron chi connectivity index (χ1n) is 9.09. The molecule has 3 amide bonds. The minimum absolute atomic E-state index is 0.0162. The maximum atomic E-state index is 12.6. The number of carbonyl (C=O) groups is 2. The highest BCUT2D eigenvalue weighted by molar-refractivity contribution is 5.95. The van der Waals surface area contributed by atoms with Crippen molar-refractivity contribution in [2.75, 3.05) is 32.1 Å². The van der Waals surface area contributed by atoms with Gasteiger partial charge in [-0.15, -0.1) is 0 Å². The van der Waals surface area contributed by atoms with Crippen LogP contribution < -0.4 is 15.5 Å². The van der Waals surface area contributed by atoms with Crippen LogP contribution in [-0.2, 0) is 0 Å². The van der Waals surface area contributed by atoms with Gasteiger partial charge in [0.25, 0.3) is 5.91 Å². The molecule has 1 unspecified atom stereocenters. The number of likely N-dealkylation sites (tertiary alicyclic amines) is 1. The molecule has 2 N–H and O–H groups in total. The van der Waals surface area contributed by atoms with Gasteiger partial charge in [-0.05, 0) is 34.1 Å². The van der Waals surface area contributed by atoms with E-state index in [1.54, 1.807) is 11.1 Å². The van der Waals surface area contributed by atoms with E-state index in [0.717, 1.165) is 6.42 Å². The second kappa shape index (κ2) is 8.33. The zero-order chi connectivity index (χ0) is 19.4. The van der Waals surface area contributed by atoms with E-state index in [-0.39, 0.29) is 29.9 Å². The average Bonchev–Trinajstić information content (AvgIpc) is 3.02. The molecule has 1 fully saturated rings. The predicted molar refractivity (Wildman–Crippen MR) is 102 cm³/mol. The number of hydrogen-bond acceptors (Lipinski definition) is 5. The van der Waals surface area contributed by atoms with Crippen LogP contribution in [0.3, 0.4) is 0 Å². The maximum absolute atomic E-state index is 12.6. The largest absolute Gasteiger partial charge is 0.350 e. The van der Waals surface area contributed by atoms with E-state index >= 15 is 0 Å². The molecule has 1 saturated heterocycles. The molecule has 8 heteroatoms. The number of urea groups is 1. The number of amides is 3. The van der Waals surface area contributed by atoms with E-state index in [1.165, 1.54) is 0 Å². The van der Waals surface area contributed by atoms with Crippen LogP contribution in [-0.4, -0.2) is 66.1 Å². The summed E-state index contributed by atoms with van der Waals surface area (Å²) in [7, 11) is 3.73. The molecule has 0 bridgehead atoms. The fraction of sp³-hybridized carbons (Fsp3) is 0.667. The van der Waals surface area contributed by atoms with E-state index in [0.29, 0.717) is 30.3 Å². The average molecular weight is 362 g/mol. The Morgan fingerprint density at radius 2 is 1.85 bits per heavy atom. The van der Waals surface area contributed by atoms with Gasteiger partial charge in [0, 0.05) is 51.4 Å². The Morgan fingerprint density at radius 3 is 2.42 bits per heavy atom. The van der Waals surface area contributed by atoms with Crippen molar-refractivity contribution in [2.45, 2.75) is 52.1 Å². The fourth-order valence-corrected chi connectivity index (χ4v) is 2.93. The lowest BCUT2D eigenvalue weighted by molar-refractivity contribution is 0.0941. The van der Waals surface area contributed by atoms with Crippen LogP contribution in [0.4, 0.5) is 10.7 Å². The van der Waals surface area contributed by atoms with Crippen molar-refractivity contribution in [1.82, 2.24) is 25.5 Å². The van der Waals surface area contributed by atoms with Gasteiger partial charge >= 0.3 is 6.03 Å². The number of nitrogens with zero attached hydrogens (tertiary/aromatic N) is 4. The lowest BCUT2D eigenvalue weighted by atomic mass is 9.99. The first-order chi connectivity index (χ1) is 12.2. The van der Waals surface area contributed by atoms with E-state index in [2.05, 4.69) is 20.6 Å². The van der Waals surface area contributed by atoms with Gasteiger partial charge in [-0.3, -0.25) is 4.79 Å². The van der Waals surface area contributed by atoms with E-state index < -0.39 is 0 Å². The third-order valence-corrected chi connectivity index (χ3v) is 4.14. The van der Waals surface area contributed by atoms with Crippen LogP contribution in [0.2, 0.25) is 0 Å². The maximum Gasteiger partial charge on any atom is 0.317 e. The molecule has 1 aliphatic heterocycles. The first-order valence-corrected chi connectivity index (χ1v) is 9.09. The Morgan fingerprint density at radius 1 is 1.19 bits per heavy atom. The van der Waals surface area contributed by atoms with Gasteiger partial charge in [-0.25, -0.2) is 14.8 Å². The molecule has 26 heavy (non-hydrogen) atoms. The lowest BCUT2D eigenvalue weighted by Crippen LogP contribution is -2.41. The Balaban J connectivity index is 2.27. The van der Waals surface area contributed by atoms with Crippen molar-refractivity contribution in [3.63, 3.8) is 0 Å². The molecular formula is C18H30N6O2. The number of hydrogen-bond donors (Lipinski definition) is 2. The molecule has 1 aromatic rings. The minimum Gasteiger partial charge on any atom is -0.350 e. The number of carbonyl (C=O) groups excluding carboxylic acids is 2. The molecular weight excluding hydrogens is 332 g/mol. The minimum atomic E-state index is -0.176. The summed E-state index contributed by atoms with van der Waals surface area (Å²) in [5, 5.41) is 5.82. The fourth-order valence-electron chi connectivity index (χ4n) is 2.93. The molecule has 0 aromatic carbocycles. The quantitative estimate of drug-likeness (QED) is 0.830. The third kappa shape index (κ3) is 4.83. The summed E-state index contributed by atoms with van der Waals surface area (Å²) in [6.45, 7) is 8.90. The van der Waals surface area contributed by atoms with Crippen LogP contribution >= 0.6 is 0 Å². The molecule has 0 saturated carbocycles. The molecule has 0 aliphatic carbocycles. The van der Waals surface area contributed by atoms with Crippen LogP contribution in [0.25, 0.3) is 0 Å². The molecule has 2 rings (SSSR count). The van der Waals surface area contributed by atoms with Gasteiger partial charge in [0.05, 0.1) is 11.3 Å². The monoisotopic (exact) mass is 362 g/mol. The number of aromatic nitrogens is 2. The van der Waals surface area contributed by atoms with Crippen molar-refractivity contribution >= 4 is 17.9 Å². The molecule has 1 aromatic heterocycles. The Bertz CT molecular complexity index is 659. The second-order valence-electron chi connectivity index (χ2n) is 7.53. The van der Waals surface area contributed by atoms with Gasteiger partial charge < -0.3 is 20.4 Å². The highest BCUT2D eigenvalue weighted by Crippen LogP contribution is 2.29. The second-order valence-corrected chi connectivity index (χ2v) is 7.53. The lowest BCUT2D eigenvalue weighted by Gasteiger charge is -2.20. The number of rotatable bonds is 5. The Labute approximate surface area is 155 Å². The number of anilines is 1. The van der Waals surface area contributed by atoms with Crippen molar-refractivity contribution in [3.8, 4) is 0 Å². The SMILES string of the molecule is CC(C)NC(=O)c1cnc(N(C)C)nc1C1CCN(C(=O)NC(C)C)C1. The standard InChI is InChI=1S/C18H30N6O2/c1-11(2)20-16(25)14-9-19-17(23(5)6)22-15(14)13-7-8-24(10-13)18(26)21-12(3)4/h9,11-13H,7-8,10H2,1-6H3,(H,20,25)(H,21,26). The van der Waals surface area contributed by atoms with E-state index in [9.17, 15) is 9.59 Å². The summed E-state index contributed by atoms with van der Waals surface area (Å²) < 4.78 is 0. The van der Waals surface area contributed by atoms with Crippen LogP contribution in [0.5, 0.6) is 0 Å².